The van der Waals surface area contributed by atoms with Crippen molar-refractivity contribution in [3.8, 4) is 0 Å². The van der Waals surface area contributed by atoms with Gasteiger partial charge in [0, 0.05) is 49.0 Å². The van der Waals surface area contributed by atoms with Crippen molar-refractivity contribution in [1.82, 2.24) is 13.0 Å². The van der Waals surface area contributed by atoms with E-state index in [1.54, 1.807) is 12.5 Å². The number of nitrogens with zero attached hydrogens (tertiary/aromatic N) is 3. The molecule has 0 amide bonds. The number of aromatic nitrogens is 1. The zero-order valence-corrected chi connectivity index (χ0v) is 9.48. The predicted molar refractivity (Wildman–Crippen MR) is 57.4 cm³/mol. The van der Waals surface area contributed by atoms with Gasteiger partial charge in [-0.15, -0.1) is 0 Å². The van der Waals surface area contributed by atoms with Gasteiger partial charge >= 0.3 is 0 Å². The van der Waals surface area contributed by atoms with Crippen LogP contribution in [0.15, 0.2) is 16.9 Å². The van der Waals surface area contributed by atoms with E-state index in [9.17, 15) is 0 Å². The molecule has 0 N–H and O–H groups in total. The fourth-order valence-corrected chi connectivity index (χ4v) is 1.84. The molecule has 1 aliphatic heterocycles. The molecule has 1 aliphatic rings. The van der Waals surface area contributed by atoms with Crippen LogP contribution in [-0.2, 0) is 6.54 Å². The summed E-state index contributed by atoms with van der Waals surface area (Å²) >= 11 is 2.36. The maximum atomic E-state index is 5.19. The lowest BCUT2D eigenvalue weighted by atomic mass is 10.3. The molecule has 2 rings (SSSR count). The van der Waals surface area contributed by atoms with E-state index in [1.165, 1.54) is 0 Å². The fraction of sp³-hybridized carbons (Fsp3) is 0.625. The number of hydrogen-bond donors (Lipinski definition) is 0. The van der Waals surface area contributed by atoms with E-state index < -0.39 is 0 Å². The monoisotopic (exact) mass is 293 g/mol. The first kappa shape index (κ1) is 9.42. The summed E-state index contributed by atoms with van der Waals surface area (Å²) in [6.07, 6.45) is 3.33. The van der Waals surface area contributed by atoms with E-state index in [1.807, 2.05) is 0 Å². The maximum Gasteiger partial charge on any atom is 0.208 e. The minimum atomic E-state index is 0.821. The molecular formula is C8H12IN3O. The summed E-state index contributed by atoms with van der Waals surface area (Å²) in [4.78, 5) is 6.47. The SMILES string of the molecule is IN1CCN(Cc2ncco2)CC1. The first-order valence-electron chi connectivity index (χ1n) is 4.36. The van der Waals surface area contributed by atoms with Crippen molar-refractivity contribution in [3.05, 3.63) is 18.4 Å². The topological polar surface area (TPSA) is 32.5 Å². The van der Waals surface area contributed by atoms with Crippen LogP contribution in [0.2, 0.25) is 0 Å². The molecule has 1 aromatic rings. The van der Waals surface area contributed by atoms with Crippen LogP contribution < -0.4 is 0 Å². The van der Waals surface area contributed by atoms with Gasteiger partial charge in [-0.05, 0) is 0 Å². The van der Waals surface area contributed by atoms with Gasteiger partial charge in [-0.2, -0.15) is 0 Å². The van der Waals surface area contributed by atoms with Crippen LogP contribution in [0.25, 0.3) is 0 Å². The van der Waals surface area contributed by atoms with Gasteiger partial charge < -0.3 is 4.42 Å². The van der Waals surface area contributed by atoms with Crippen LogP contribution in [0.5, 0.6) is 0 Å². The molecule has 0 unspecified atom stereocenters. The summed E-state index contributed by atoms with van der Waals surface area (Å²) in [7, 11) is 0. The van der Waals surface area contributed by atoms with Crippen LogP contribution in [-0.4, -0.2) is 39.2 Å². The molecule has 2 heterocycles. The van der Waals surface area contributed by atoms with Crippen LogP contribution >= 0.6 is 22.9 Å². The van der Waals surface area contributed by atoms with Gasteiger partial charge in [-0.25, -0.2) is 8.10 Å². The Morgan fingerprint density at radius 2 is 2.15 bits per heavy atom. The van der Waals surface area contributed by atoms with Gasteiger partial charge in [-0.3, -0.25) is 4.90 Å². The van der Waals surface area contributed by atoms with Crippen molar-refractivity contribution < 1.29 is 4.42 Å². The molecule has 5 heteroatoms. The second-order valence-electron chi connectivity index (χ2n) is 3.11. The van der Waals surface area contributed by atoms with Gasteiger partial charge in [0.25, 0.3) is 0 Å². The van der Waals surface area contributed by atoms with Crippen LogP contribution in [0, 0.1) is 0 Å². The number of rotatable bonds is 2. The maximum absolute atomic E-state index is 5.19. The van der Waals surface area contributed by atoms with Gasteiger partial charge in [0.05, 0.1) is 12.7 Å². The Morgan fingerprint density at radius 1 is 1.38 bits per heavy atom. The third-order valence-corrected chi connectivity index (χ3v) is 3.12. The zero-order chi connectivity index (χ0) is 9.10. The number of piperazine rings is 1. The van der Waals surface area contributed by atoms with E-state index in [2.05, 4.69) is 35.9 Å². The molecule has 0 bridgehead atoms. The quantitative estimate of drug-likeness (QED) is 0.605. The van der Waals surface area contributed by atoms with Crippen molar-refractivity contribution in [2.75, 3.05) is 26.2 Å². The highest BCUT2D eigenvalue weighted by atomic mass is 127. The zero-order valence-electron chi connectivity index (χ0n) is 7.32. The van der Waals surface area contributed by atoms with Crippen LogP contribution in [0.3, 0.4) is 0 Å². The van der Waals surface area contributed by atoms with E-state index in [-0.39, 0.29) is 0 Å². The summed E-state index contributed by atoms with van der Waals surface area (Å²) < 4.78 is 7.50. The Morgan fingerprint density at radius 3 is 2.77 bits per heavy atom. The molecule has 4 nitrogen and oxygen atoms in total. The summed E-state index contributed by atoms with van der Waals surface area (Å²) in [6.45, 7) is 5.30. The Balaban J connectivity index is 1.83. The molecular weight excluding hydrogens is 281 g/mol. The van der Waals surface area contributed by atoms with Crippen LogP contribution in [0.1, 0.15) is 5.89 Å². The molecule has 72 valence electrons. The standard InChI is InChI=1S/C8H12IN3O/c9-12-4-2-11(3-5-12)7-8-10-1-6-13-8/h1,6H,2-5,7H2. The lowest BCUT2D eigenvalue weighted by Gasteiger charge is -2.29. The summed E-state index contributed by atoms with van der Waals surface area (Å²) in [5.74, 6) is 0.821. The van der Waals surface area contributed by atoms with Gasteiger partial charge in [-0.1, -0.05) is 0 Å². The molecule has 0 saturated carbocycles. The second-order valence-corrected chi connectivity index (χ2v) is 4.48. The van der Waals surface area contributed by atoms with Gasteiger partial charge in [0.1, 0.15) is 6.26 Å². The Labute approximate surface area is 91.4 Å². The normalized spacial score (nSPS) is 20.7. The number of halogens is 1. The molecule has 0 aromatic carbocycles. The Bertz CT molecular complexity index is 244. The van der Waals surface area contributed by atoms with E-state index in [0.717, 1.165) is 38.6 Å². The van der Waals surface area contributed by atoms with Gasteiger partial charge in [0.15, 0.2) is 0 Å². The highest BCUT2D eigenvalue weighted by Gasteiger charge is 2.15. The first-order chi connectivity index (χ1) is 6.34. The third kappa shape index (κ3) is 2.65. The molecule has 0 aliphatic carbocycles. The summed E-state index contributed by atoms with van der Waals surface area (Å²) in [5.41, 5.74) is 0. The molecule has 0 radical (unpaired) electrons. The van der Waals surface area contributed by atoms with Crippen molar-refractivity contribution >= 4 is 22.9 Å². The molecule has 1 aromatic heterocycles. The van der Waals surface area contributed by atoms with E-state index >= 15 is 0 Å². The fourth-order valence-electron chi connectivity index (χ4n) is 1.40. The van der Waals surface area contributed by atoms with E-state index in [4.69, 9.17) is 4.42 Å². The van der Waals surface area contributed by atoms with E-state index in [0.29, 0.717) is 0 Å². The third-order valence-electron chi connectivity index (χ3n) is 2.16. The molecule has 1 fully saturated rings. The van der Waals surface area contributed by atoms with Gasteiger partial charge in [0.2, 0.25) is 5.89 Å². The average Bonchev–Trinajstić information content (AvgIpc) is 2.62. The second kappa shape index (κ2) is 4.39. The molecule has 0 atom stereocenters. The largest absolute Gasteiger partial charge is 0.448 e. The highest BCUT2D eigenvalue weighted by Crippen LogP contribution is 2.09. The Hall–Kier alpha value is -0.140. The smallest absolute Gasteiger partial charge is 0.208 e. The van der Waals surface area contributed by atoms with Crippen molar-refractivity contribution in [2.45, 2.75) is 6.54 Å². The Kier molecular flexibility index (Phi) is 3.18. The minimum Gasteiger partial charge on any atom is -0.448 e. The minimum absolute atomic E-state index is 0.821. The summed E-state index contributed by atoms with van der Waals surface area (Å²) in [5, 5.41) is 0. The summed E-state index contributed by atoms with van der Waals surface area (Å²) in [6, 6.07) is 0. The predicted octanol–water partition coefficient (Wildman–Crippen LogP) is 1.14. The molecule has 1 saturated heterocycles. The first-order valence-corrected chi connectivity index (χ1v) is 5.32. The van der Waals surface area contributed by atoms with Crippen LogP contribution in [0.4, 0.5) is 0 Å². The van der Waals surface area contributed by atoms with Crippen molar-refractivity contribution in [3.63, 3.8) is 0 Å². The molecule has 0 spiro atoms. The highest BCUT2D eigenvalue weighted by molar-refractivity contribution is 14.1. The lowest BCUT2D eigenvalue weighted by molar-refractivity contribution is 0.183. The number of hydrogen-bond acceptors (Lipinski definition) is 4. The molecule has 13 heavy (non-hydrogen) atoms. The van der Waals surface area contributed by atoms with Crippen molar-refractivity contribution in [2.24, 2.45) is 0 Å². The number of oxazole rings is 1. The van der Waals surface area contributed by atoms with Crippen molar-refractivity contribution in [1.29, 1.82) is 0 Å². The average molecular weight is 293 g/mol. The lowest BCUT2D eigenvalue weighted by Crippen LogP contribution is -2.41.